The fourth-order valence-electron chi connectivity index (χ4n) is 5.51. The summed E-state index contributed by atoms with van der Waals surface area (Å²) in [6.07, 6.45) is 8.05. The van der Waals surface area contributed by atoms with Crippen molar-refractivity contribution in [3.05, 3.63) is 34.4 Å². The van der Waals surface area contributed by atoms with Crippen LogP contribution in [-0.2, 0) is 14.3 Å². The topological polar surface area (TPSA) is 93.0 Å². The molecule has 168 valence electrons. The van der Waals surface area contributed by atoms with Gasteiger partial charge in [-0.3, -0.25) is 19.7 Å². The fourth-order valence-corrected chi connectivity index (χ4v) is 5.51. The largest absolute Gasteiger partial charge is 0.455 e. The molecule has 0 radical (unpaired) electrons. The van der Waals surface area contributed by atoms with Crippen LogP contribution in [0.25, 0.3) is 0 Å². The summed E-state index contributed by atoms with van der Waals surface area (Å²) in [5.74, 6) is -0.0563. The molecule has 0 spiro atoms. The average Bonchev–Trinajstić information content (AvgIpc) is 2.82. The van der Waals surface area contributed by atoms with Crippen molar-refractivity contribution in [2.24, 2.45) is 11.8 Å². The van der Waals surface area contributed by atoms with Crippen molar-refractivity contribution < 1.29 is 19.2 Å². The Morgan fingerprint density at radius 1 is 1.00 bits per heavy atom. The Labute approximate surface area is 182 Å². The minimum absolute atomic E-state index is 0.0673. The van der Waals surface area contributed by atoms with Gasteiger partial charge in [0.25, 0.3) is 11.6 Å². The number of para-hydroxylation sites is 2. The summed E-state index contributed by atoms with van der Waals surface area (Å²) >= 11 is 0. The molecule has 1 aliphatic carbocycles. The Kier molecular flexibility index (Phi) is 6.73. The van der Waals surface area contributed by atoms with E-state index in [1.807, 2.05) is 9.80 Å². The number of rotatable bonds is 5. The molecule has 3 fully saturated rings. The molecule has 2 aliphatic heterocycles. The quantitative estimate of drug-likeness (QED) is 0.404. The lowest BCUT2D eigenvalue weighted by molar-refractivity contribution is -0.384. The highest BCUT2D eigenvalue weighted by Crippen LogP contribution is 2.35. The Hall–Kier alpha value is -2.64. The number of fused-ring (bicyclic) bond motifs is 1. The van der Waals surface area contributed by atoms with Crippen LogP contribution in [-0.4, -0.2) is 54.0 Å². The number of carbonyl (C=O) groups is 2. The number of carbonyl (C=O) groups excluding carboxylic acids is 2. The van der Waals surface area contributed by atoms with Crippen LogP contribution in [0.4, 0.5) is 11.4 Å². The molecule has 31 heavy (non-hydrogen) atoms. The van der Waals surface area contributed by atoms with E-state index in [4.69, 9.17) is 4.74 Å². The Morgan fingerprint density at radius 3 is 2.48 bits per heavy atom. The molecule has 2 saturated heterocycles. The number of likely N-dealkylation sites (tertiary alicyclic amines) is 1. The number of amides is 1. The first kappa shape index (κ1) is 21.6. The van der Waals surface area contributed by atoms with Crippen LogP contribution in [0.15, 0.2) is 24.3 Å². The molecule has 0 N–H and O–H groups in total. The molecule has 0 bridgehead atoms. The van der Waals surface area contributed by atoms with Crippen molar-refractivity contribution in [1.29, 1.82) is 0 Å². The number of hydrogen-bond acceptors (Lipinski definition) is 6. The maximum atomic E-state index is 12.8. The molecule has 4 rings (SSSR count). The smallest absolute Gasteiger partial charge is 0.309 e. The van der Waals surface area contributed by atoms with Gasteiger partial charge in [0.1, 0.15) is 5.69 Å². The van der Waals surface area contributed by atoms with Crippen molar-refractivity contribution in [1.82, 2.24) is 4.90 Å². The zero-order valence-corrected chi connectivity index (χ0v) is 17.9. The molecule has 1 aromatic carbocycles. The molecule has 2 heterocycles. The van der Waals surface area contributed by atoms with E-state index >= 15 is 0 Å². The van der Waals surface area contributed by atoms with Crippen LogP contribution < -0.4 is 4.90 Å². The van der Waals surface area contributed by atoms with Gasteiger partial charge in [-0.25, -0.2) is 0 Å². The molecule has 0 unspecified atom stereocenters. The summed E-state index contributed by atoms with van der Waals surface area (Å²) in [6.45, 7) is 1.70. The summed E-state index contributed by atoms with van der Waals surface area (Å²) in [5, 5.41) is 11.3. The van der Waals surface area contributed by atoms with Crippen LogP contribution >= 0.6 is 0 Å². The predicted molar refractivity (Wildman–Crippen MR) is 116 cm³/mol. The number of nitro groups is 1. The van der Waals surface area contributed by atoms with Gasteiger partial charge in [-0.2, -0.15) is 0 Å². The van der Waals surface area contributed by atoms with Gasteiger partial charge in [-0.15, -0.1) is 0 Å². The van der Waals surface area contributed by atoms with Crippen LogP contribution in [0.1, 0.15) is 51.4 Å². The standard InChI is InChI=1S/C23H31N3O5/c27-22(25-13-5-7-17-6-1-2-8-19(17)25)16-31-23(28)18-11-14-24(15-12-18)20-9-3-4-10-21(20)26(29)30/h3-4,9-10,17-19H,1-2,5-8,11-16H2/t17-,19+/m0/s1. The highest BCUT2D eigenvalue weighted by atomic mass is 16.6. The van der Waals surface area contributed by atoms with E-state index in [-0.39, 0.29) is 35.0 Å². The fraction of sp³-hybridized carbons (Fsp3) is 0.652. The second-order valence-electron chi connectivity index (χ2n) is 8.96. The Balaban J connectivity index is 1.27. The van der Waals surface area contributed by atoms with Crippen molar-refractivity contribution in [2.75, 3.05) is 31.1 Å². The SMILES string of the molecule is O=C(OCC(=O)N1CCC[C@@H]2CCCC[C@H]21)C1CCN(c2ccccc2[N+](=O)[O-])CC1. The maximum absolute atomic E-state index is 12.8. The van der Waals surface area contributed by atoms with Gasteiger partial charge < -0.3 is 14.5 Å². The molecule has 1 amide bonds. The number of nitro benzene ring substituents is 1. The highest BCUT2D eigenvalue weighted by molar-refractivity contribution is 5.82. The summed E-state index contributed by atoms with van der Waals surface area (Å²) < 4.78 is 5.42. The summed E-state index contributed by atoms with van der Waals surface area (Å²) in [7, 11) is 0. The normalized spacial score (nSPS) is 24.4. The lowest BCUT2D eigenvalue weighted by atomic mass is 9.78. The van der Waals surface area contributed by atoms with Gasteiger partial charge in [-0.05, 0) is 50.5 Å². The van der Waals surface area contributed by atoms with Crippen LogP contribution in [0.5, 0.6) is 0 Å². The molecule has 8 heteroatoms. The van der Waals surface area contributed by atoms with E-state index in [1.54, 1.807) is 18.2 Å². The van der Waals surface area contributed by atoms with E-state index < -0.39 is 0 Å². The molecule has 8 nitrogen and oxygen atoms in total. The minimum atomic E-state index is -0.376. The van der Waals surface area contributed by atoms with E-state index in [9.17, 15) is 19.7 Å². The van der Waals surface area contributed by atoms with Gasteiger partial charge in [-0.1, -0.05) is 25.0 Å². The first-order valence-electron chi connectivity index (χ1n) is 11.5. The Bertz CT molecular complexity index is 819. The van der Waals surface area contributed by atoms with Crippen LogP contribution in [0, 0.1) is 22.0 Å². The first-order valence-corrected chi connectivity index (χ1v) is 11.5. The summed E-state index contributed by atoms with van der Waals surface area (Å²) in [4.78, 5) is 40.1. The molecule has 1 aromatic rings. The Morgan fingerprint density at radius 2 is 1.71 bits per heavy atom. The summed E-state index contributed by atoms with van der Waals surface area (Å²) in [5.41, 5.74) is 0.665. The number of piperidine rings is 2. The van der Waals surface area contributed by atoms with Gasteiger partial charge in [0.15, 0.2) is 6.61 Å². The molecular weight excluding hydrogens is 398 g/mol. The number of ether oxygens (including phenoxy) is 1. The van der Waals surface area contributed by atoms with Crippen molar-refractivity contribution in [3.8, 4) is 0 Å². The third kappa shape index (κ3) is 4.83. The van der Waals surface area contributed by atoms with Crippen LogP contribution in [0.3, 0.4) is 0 Å². The zero-order valence-electron chi connectivity index (χ0n) is 17.9. The van der Waals surface area contributed by atoms with E-state index in [2.05, 4.69) is 0 Å². The molecule has 0 aromatic heterocycles. The molecule has 3 aliphatic rings. The van der Waals surface area contributed by atoms with Gasteiger partial charge >= 0.3 is 5.97 Å². The third-order valence-corrected chi connectivity index (χ3v) is 7.15. The number of benzene rings is 1. The molecule has 1 saturated carbocycles. The lowest BCUT2D eigenvalue weighted by Gasteiger charge is -2.44. The van der Waals surface area contributed by atoms with Gasteiger partial charge in [0.2, 0.25) is 0 Å². The molecular formula is C23H31N3O5. The average molecular weight is 430 g/mol. The summed E-state index contributed by atoms with van der Waals surface area (Å²) in [6, 6.07) is 7.00. The number of anilines is 1. The minimum Gasteiger partial charge on any atom is -0.455 e. The van der Waals surface area contributed by atoms with Crippen molar-refractivity contribution in [2.45, 2.75) is 57.4 Å². The monoisotopic (exact) mass is 429 g/mol. The van der Waals surface area contributed by atoms with E-state index in [1.165, 1.54) is 31.7 Å². The van der Waals surface area contributed by atoms with Crippen molar-refractivity contribution in [3.63, 3.8) is 0 Å². The second-order valence-corrected chi connectivity index (χ2v) is 8.96. The second kappa shape index (κ2) is 9.66. The predicted octanol–water partition coefficient (Wildman–Crippen LogP) is 3.54. The van der Waals surface area contributed by atoms with Crippen LogP contribution in [0.2, 0.25) is 0 Å². The highest BCUT2D eigenvalue weighted by Gasteiger charge is 2.36. The van der Waals surface area contributed by atoms with E-state index in [0.29, 0.717) is 43.6 Å². The van der Waals surface area contributed by atoms with Crippen molar-refractivity contribution >= 4 is 23.3 Å². The maximum Gasteiger partial charge on any atom is 0.309 e. The number of esters is 1. The van der Waals surface area contributed by atoms with Gasteiger partial charge in [0, 0.05) is 31.7 Å². The number of hydrogen-bond donors (Lipinski definition) is 0. The van der Waals surface area contributed by atoms with E-state index in [0.717, 1.165) is 19.4 Å². The lowest BCUT2D eigenvalue weighted by Crippen LogP contribution is -2.51. The zero-order chi connectivity index (χ0) is 21.8. The third-order valence-electron chi connectivity index (χ3n) is 7.15. The van der Waals surface area contributed by atoms with Gasteiger partial charge in [0.05, 0.1) is 10.8 Å². The molecule has 2 atom stereocenters. The first-order chi connectivity index (χ1) is 15.0. The number of nitrogens with zero attached hydrogens (tertiary/aromatic N) is 3.